The molecule has 50 heavy (non-hydrogen) atoms. The summed E-state index contributed by atoms with van der Waals surface area (Å²) in [4.78, 5) is 46.5. The minimum atomic E-state index is -1.28. The molecule has 3 N–H and O–H groups in total. The van der Waals surface area contributed by atoms with Crippen molar-refractivity contribution in [3.8, 4) is 0 Å². The van der Waals surface area contributed by atoms with Crippen molar-refractivity contribution < 1.29 is 37.8 Å². The van der Waals surface area contributed by atoms with E-state index < -0.39 is 35.6 Å². The normalized spacial score (nSPS) is 17.0. The van der Waals surface area contributed by atoms with Gasteiger partial charge in [0.15, 0.2) is 5.76 Å². The molecule has 3 aromatic rings. The summed E-state index contributed by atoms with van der Waals surface area (Å²) in [6.45, 7) is 8.96. The van der Waals surface area contributed by atoms with Gasteiger partial charge in [0.2, 0.25) is 0 Å². The van der Waals surface area contributed by atoms with E-state index in [0.717, 1.165) is 5.69 Å². The third-order valence-corrected chi connectivity index (χ3v) is 8.28. The Balaban J connectivity index is 1.18. The Labute approximate surface area is 289 Å². The average molecular weight is 690 g/mol. The van der Waals surface area contributed by atoms with Gasteiger partial charge in [-0.15, -0.1) is 0 Å². The van der Waals surface area contributed by atoms with Crippen molar-refractivity contribution >= 4 is 40.9 Å². The van der Waals surface area contributed by atoms with Gasteiger partial charge >= 0.3 is 18.1 Å². The van der Waals surface area contributed by atoms with Crippen LogP contribution in [-0.2, 0) is 20.8 Å². The molecular formula is C37H41F2N5O6. The van der Waals surface area contributed by atoms with Crippen LogP contribution in [0, 0.1) is 17.6 Å². The van der Waals surface area contributed by atoms with Crippen LogP contribution in [0.3, 0.4) is 0 Å². The first-order valence-corrected chi connectivity index (χ1v) is 16.4. The lowest BCUT2D eigenvalue weighted by molar-refractivity contribution is -0.139. The molecule has 2 heterocycles. The second kappa shape index (κ2) is 15.4. The number of carboxylic acid groups (broad SMARTS) is 1. The molecule has 2 unspecified atom stereocenters. The summed E-state index contributed by atoms with van der Waals surface area (Å²) in [5, 5.41) is 19.4. The summed E-state index contributed by atoms with van der Waals surface area (Å²) < 4.78 is 34.1. The highest BCUT2D eigenvalue weighted by molar-refractivity contribution is 6.02. The van der Waals surface area contributed by atoms with Gasteiger partial charge in [0.25, 0.3) is 0 Å². The molecule has 1 fully saturated rings. The molecule has 0 spiro atoms. The highest BCUT2D eigenvalue weighted by Crippen LogP contribution is 2.28. The monoisotopic (exact) mass is 689 g/mol. The summed E-state index contributed by atoms with van der Waals surface area (Å²) in [5.41, 5.74) is 2.48. The fourth-order valence-corrected chi connectivity index (χ4v) is 5.63. The van der Waals surface area contributed by atoms with Crippen LogP contribution in [0.2, 0.25) is 0 Å². The number of oxime groups is 1. The zero-order valence-electron chi connectivity index (χ0n) is 28.4. The van der Waals surface area contributed by atoms with Crippen LogP contribution in [0.1, 0.15) is 50.8 Å². The van der Waals surface area contributed by atoms with Crippen molar-refractivity contribution in [3.05, 3.63) is 101 Å². The smallest absolute Gasteiger partial charge is 0.412 e. The number of carbonyl (C=O) groups is 3. The maximum atomic E-state index is 15.5. The topological polar surface area (TPSA) is 133 Å². The predicted octanol–water partition coefficient (Wildman–Crippen LogP) is 6.64. The molecule has 5 rings (SSSR count). The molecule has 2 aliphatic heterocycles. The molecule has 0 radical (unpaired) electrons. The Morgan fingerprint density at radius 1 is 1.00 bits per heavy atom. The predicted molar refractivity (Wildman–Crippen MR) is 186 cm³/mol. The molecule has 2 atom stereocenters. The summed E-state index contributed by atoms with van der Waals surface area (Å²) in [6, 6.07) is 15.7. The Hall–Kier alpha value is -5.46. The van der Waals surface area contributed by atoms with E-state index in [-0.39, 0.29) is 23.7 Å². The first kappa shape index (κ1) is 35.8. The number of allylic oxidation sites excluding steroid dienone is 1. The van der Waals surface area contributed by atoms with E-state index in [9.17, 15) is 23.9 Å². The van der Waals surface area contributed by atoms with E-state index in [4.69, 9.17) is 9.57 Å². The highest BCUT2D eigenvalue weighted by atomic mass is 19.1. The minimum Gasteiger partial charge on any atom is -0.480 e. The Morgan fingerprint density at radius 3 is 2.30 bits per heavy atom. The van der Waals surface area contributed by atoms with Gasteiger partial charge in [-0.25, -0.2) is 23.2 Å². The van der Waals surface area contributed by atoms with Crippen molar-refractivity contribution in [2.24, 2.45) is 11.1 Å². The van der Waals surface area contributed by atoms with Gasteiger partial charge in [-0.1, -0.05) is 18.1 Å². The molecule has 11 nitrogen and oxygen atoms in total. The zero-order valence-corrected chi connectivity index (χ0v) is 28.4. The lowest BCUT2D eigenvalue weighted by Gasteiger charge is -2.36. The molecule has 0 saturated carbocycles. The zero-order chi connectivity index (χ0) is 36.0. The lowest BCUT2D eigenvalue weighted by Crippen LogP contribution is -2.55. The van der Waals surface area contributed by atoms with Crippen molar-refractivity contribution in [3.63, 3.8) is 0 Å². The maximum absolute atomic E-state index is 15.5. The number of amides is 3. The Kier molecular flexibility index (Phi) is 11.0. The molecule has 2 aliphatic rings. The van der Waals surface area contributed by atoms with Gasteiger partial charge in [0.05, 0.1) is 5.71 Å². The van der Waals surface area contributed by atoms with E-state index in [0.29, 0.717) is 60.9 Å². The Morgan fingerprint density at radius 2 is 1.68 bits per heavy atom. The minimum absolute atomic E-state index is 0.128. The van der Waals surface area contributed by atoms with E-state index in [2.05, 4.69) is 15.8 Å². The van der Waals surface area contributed by atoms with Gasteiger partial charge in [0, 0.05) is 61.0 Å². The fourth-order valence-electron chi connectivity index (χ4n) is 5.63. The summed E-state index contributed by atoms with van der Waals surface area (Å²) >= 11 is 0. The number of piperazine rings is 1. The first-order chi connectivity index (χ1) is 23.8. The Bertz CT molecular complexity index is 1760. The summed E-state index contributed by atoms with van der Waals surface area (Å²) in [7, 11) is 0. The summed E-state index contributed by atoms with van der Waals surface area (Å²) in [6.07, 6.45) is 1.69. The van der Waals surface area contributed by atoms with Crippen molar-refractivity contribution in [1.82, 2.24) is 10.2 Å². The number of aliphatic carboxylic acids is 1. The third kappa shape index (κ3) is 9.36. The fraction of sp³-hybridized carbons (Fsp3) is 0.351. The largest absolute Gasteiger partial charge is 0.480 e. The van der Waals surface area contributed by atoms with E-state index >= 15 is 4.39 Å². The third-order valence-electron chi connectivity index (χ3n) is 8.28. The molecule has 3 amide bonds. The molecule has 1 saturated heterocycles. The first-order valence-electron chi connectivity index (χ1n) is 16.4. The summed E-state index contributed by atoms with van der Waals surface area (Å²) in [5.74, 6) is -1.88. The molecule has 0 aliphatic carbocycles. The standard InChI is InChI=1S/C37H41F2N5O6/c1-23-5-16-32(25-7-11-27(12-8-25)40-36(48)49-37(2,3)4)50-42-33(23)29-15-6-24(21-30(29)39)22-31(34(45)46)41-35(47)44-19-17-43(18-20-44)28-13-9-26(38)10-14-28/h6-16,21,23,31H,5,17-20,22H2,1-4H3,(H,40,48)(H,41,47)(H,45,46). The number of ether oxygens (including phenoxy) is 1. The molecule has 0 aromatic heterocycles. The number of hydrogen-bond donors (Lipinski definition) is 3. The second-order valence-electron chi connectivity index (χ2n) is 13.3. The molecule has 13 heteroatoms. The second-order valence-corrected chi connectivity index (χ2v) is 13.3. The van der Waals surface area contributed by atoms with Crippen LogP contribution in [0.15, 0.2) is 78.0 Å². The lowest BCUT2D eigenvalue weighted by atomic mass is 9.93. The van der Waals surface area contributed by atoms with Crippen LogP contribution in [0.4, 0.5) is 29.7 Å². The number of rotatable bonds is 8. The number of carbonyl (C=O) groups excluding carboxylic acids is 2. The van der Waals surface area contributed by atoms with E-state index in [1.807, 2.05) is 17.9 Å². The van der Waals surface area contributed by atoms with Crippen LogP contribution < -0.4 is 15.5 Å². The van der Waals surface area contributed by atoms with Gasteiger partial charge in [0.1, 0.15) is 23.3 Å². The quantitative estimate of drug-likeness (QED) is 0.242. The number of urea groups is 1. The number of hydrogen-bond acceptors (Lipinski definition) is 7. The molecule has 0 bridgehead atoms. The van der Waals surface area contributed by atoms with E-state index in [1.165, 1.54) is 23.1 Å². The number of anilines is 2. The van der Waals surface area contributed by atoms with Gasteiger partial charge < -0.3 is 29.8 Å². The van der Waals surface area contributed by atoms with Gasteiger partial charge in [-0.3, -0.25) is 5.32 Å². The van der Waals surface area contributed by atoms with Gasteiger partial charge in [-0.05, 0) is 99.5 Å². The van der Waals surface area contributed by atoms with Crippen LogP contribution in [-0.4, -0.2) is 71.6 Å². The van der Waals surface area contributed by atoms with Crippen LogP contribution in [0.5, 0.6) is 0 Å². The number of nitrogens with one attached hydrogen (secondary N) is 2. The highest BCUT2D eigenvalue weighted by Gasteiger charge is 2.28. The SMILES string of the molecule is CC1CC=C(c2ccc(NC(=O)OC(C)(C)C)cc2)ON=C1c1ccc(CC(NC(=O)N2CCN(c3ccc(F)cc3)CC2)C(=O)O)cc1F. The average Bonchev–Trinajstić information content (AvgIpc) is 3.25. The van der Waals surface area contributed by atoms with Crippen LogP contribution in [0.25, 0.3) is 5.76 Å². The van der Waals surface area contributed by atoms with Crippen molar-refractivity contribution in [1.29, 1.82) is 0 Å². The van der Waals surface area contributed by atoms with Crippen molar-refractivity contribution in [2.75, 3.05) is 36.4 Å². The van der Waals surface area contributed by atoms with Crippen molar-refractivity contribution in [2.45, 2.75) is 52.2 Å². The molecule has 264 valence electrons. The number of nitrogens with zero attached hydrogens (tertiary/aromatic N) is 3. The van der Waals surface area contributed by atoms with E-state index in [1.54, 1.807) is 69.3 Å². The van der Waals surface area contributed by atoms with Crippen LogP contribution >= 0.6 is 0 Å². The molecule has 3 aromatic carbocycles. The number of carboxylic acids is 1. The van der Waals surface area contributed by atoms with Gasteiger partial charge in [-0.2, -0.15) is 0 Å². The number of halogens is 2. The maximum Gasteiger partial charge on any atom is 0.412 e. The molecular weight excluding hydrogens is 648 g/mol. The number of benzene rings is 3.